The molecule has 0 radical (unpaired) electrons. The van der Waals surface area contributed by atoms with Gasteiger partial charge in [0.15, 0.2) is 11.3 Å². The molecule has 5 saturated carbocycles. The average Bonchev–Trinajstić information content (AvgIpc) is 3.48. The second-order valence-electron chi connectivity index (χ2n) is 12.4. The first-order valence-electron chi connectivity index (χ1n) is 13.9. The van der Waals surface area contributed by atoms with Gasteiger partial charge in [-0.2, -0.15) is 5.10 Å². The molecule has 2 bridgehead atoms. The Morgan fingerprint density at radius 1 is 1.02 bits per heavy atom. The van der Waals surface area contributed by atoms with Gasteiger partial charge in [-0.1, -0.05) is 5.16 Å². The van der Waals surface area contributed by atoms with Crippen LogP contribution in [-0.4, -0.2) is 48.3 Å². The maximum atomic E-state index is 14.0. The van der Waals surface area contributed by atoms with E-state index < -0.39 is 29.0 Å². The molecular weight excluding hydrogens is 527 g/mol. The van der Waals surface area contributed by atoms with Gasteiger partial charge in [0, 0.05) is 12.8 Å². The third-order valence-corrected chi connectivity index (χ3v) is 9.25. The largest absolute Gasteiger partial charge is 0.348 e. The molecule has 5 aliphatic carbocycles. The van der Waals surface area contributed by atoms with E-state index in [4.69, 9.17) is 4.98 Å². The molecule has 10 nitrogen and oxygen atoms in total. The maximum absolute atomic E-state index is 14.0. The molecule has 0 spiro atoms. The van der Waals surface area contributed by atoms with E-state index >= 15 is 0 Å². The van der Waals surface area contributed by atoms with Gasteiger partial charge < -0.3 is 10.6 Å². The summed E-state index contributed by atoms with van der Waals surface area (Å²) in [6.07, 6.45) is 6.15. The number of hydrogen-bond donors (Lipinski definition) is 2. The molecule has 8 rings (SSSR count). The topological polar surface area (TPSA) is 127 Å². The number of hydrogen-bond acceptors (Lipinski definition) is 7. The number of carbonyl (C=O) groups excluding carboxylic acids is 2. The second kappa shape index (κ2) is 8.74. The summed E-state index contributed by atoms with van der Waals surface area (Å²) in [5.74, 6) is -3.32. The predicted molar refractivity (Wildman–Crippen MR) is 133 cm³/mol. The van der Waals surface area contributed by atoms with Crippen LogP contribution in [0.15, 0.2) is 23.1 Å². The van der Waals surface area contributed by atoms with Crippen molar-refractivity contribution in [3.8, 4) is 0 Å². The summed E-state index contributed by atoms with van der Waals surface area (Å²) in [5.41, 5.74) is 0.449. The normalized spacial score (nSPS) is 28.8. The standard InChI is InChI=1S/C27H30F3N7O3/c1-14-20(36-40-35-14)23(38)33-22(16-4-6-27(29,30)7-5-16)18-10-37-19(32-18)8-17(9-31-37)21(15-2-3-15)34-24(39)25-11-26(28,12-25)13-25/h8-10,15-16,21-22H,2-7,11-13H2,1H3,(H,33,38)(H,34,39)/t21?,22-,25-,26-/m0/s1. The fourth-order valence-electron chi connectivity index (χ4n) is 6.81. The van der Waals surface area contributed by atoms with Crippen LogP contribution in [-0.2, 0) is 4.79 Å². The van der Waals surface area contributed by atoms with Crippen molar-refractivity contribution in [2.24, 2.45) is 17.3 Å². The van der Waals surface area contributed by atoms with E-state index in [1.54, 1.807) is 23.8 Å². The molecule has 40 heavy (non-hydrogen) atoms. The SMILES string of the molecule is Cc1nonc1C(=O)N[C@H](c1cn2ncc(C(NC(=O)[C@]34C[C@@](F)(C3)C4)C3CC3)cc2n1)C1CCC(F)(F)CC1. The maximum Gasteiger partial charge on any atom is 0.276 e. The molecule has 2 atom stereocenters. The fraction of sp³-hybridized carbons (Fsp3) is 0.630. The first-order valence-corrected chi connectivity index (χ1v) is 13.9. The molecule has 5 aliphatic rings. The number of aromatic nitrogens is 5. The van der Waals surface area contributed by atoms with Crippen molar-refractivity contribution in [2.45, 2.75) is 88.4 Å². The number of aryl methyl sites for hydroxylation is 1. The number of nitrogens with one attached hydrogen (secondary N) is 2. The third-order valence-electron chi connectivity index (χ3n) is 9.25. The molecule has 0 aliphatic heterocycles. The molecule has 0 aromatic carbocycles. The minimum Gasteiger partial charge on any atom is -0.348 e. The number of alkyl halides is 3. The van der Waals surface area contributed by atoms with Gasteiger partial charge in [-0.15, -0.1) is 0 Å². The summed E-state index contributed by atoms with van der Waals surface area (Å²) in [6.45, 7) is 1.59. The van der Waals surface area contributed by atoms with Crippen LogP contribution in [0.4, 0.5) is 13.2 Å². The molecule has 3 aromatic rings. The third kappa shape index (κ3) is 4.33. The molecule has 2 amide bonds. The van der Waals surface area contributed by atoms with E-state index in [0.29, 0.717) is 36.3 Å². The summed E-state index contributed by atoms with van der Waals surface area (Å²) >= 11 is 0. The highest BCUT2D eigenvalue weighted by atomic mass is 19.3. The highest BCUT2D eigenvalue weighted by Gasteiger charge is 2.73. The number of rotatable bonds is 8. The summed E-state index contributed by atoms with van der Waals surface area (Å²) in [4.78, 5) is 30.8. The first kappa shape index (κ1) is 25.5. The van der Waals surface area contributed by atoms with Crippen LogP contribution in [0.3, 0.4) is 0 Å². The smallest absolute Gasteiger partial charge is 0.276 e. The molecular formula is C27H30F3N7O3. The Labute approximate surface area is 227 Å². The van der Waals surface area contributed by atoms with Crippen molar-refractivity contribution in [1.29, 1.82) is 0 Å². The quantitative estimate of drug-likeness (QED) is 0.425. The van der Waals surface area contributed by atoms with Crippen molar-refractivity contribution in [3.63, 3.8) is 0 Å². The Balaban J connectivity index is 1.15. The molecule has 5 fully saturated rings. The monoisotopic (exact) mass is 557 g/mol. The lowest BCUT2D eigenvalue weighted by atomic mass is 9.42. The zero-order chi connectivity index (χ0) is 27.9. The van der Waals surface area contributed by atoms with Crippen LogP contribution in [0.1, 0.15) is 97.3 Å². The van der Waals surface area contributed by atoms with E-state index in [2.05, 4.69) is 30.7 Å². The number of fused-ring (bicyclic) bond motifs is 1. The van der Waals surface area contributed by atoms with Gasteiger partial charge in [0.05, 0.1) is 35.6 Å². The van der Waals surface area contributed by atoms with Gasteiger partial charge in [-0.3, -0.25) is 9.59 Å². The van der Waals surface area contributed by atoms with Crippen LogP contribution in [0.2, 0.25) is 0 Å². The molecule has 1 unspecified atom stereocenters. The lowest BCUT2D eigenvalue weighted by Gasteiger charge is -2.64. The molecule has 212 valence electrons. The Morgan fingerprint density at radius 2 is 1.73 bits per heavy atom. The number of imidazole rings is 1. The van der Waals surface area contributed by atoms with Crippen molar-refractivity contribution in [2.75, 3.05) is 0 Å². The summed E-state index contributed by atoms with van der Waals surface area (Å²) in [7, 11) is 0. The summed E-state index contributed by atoms with van der Waals surface area (Å²) in [5, 5.41) is 17.9. The van der Waals surface area contributed by atoms with E-state index in [1.165, 1.54) is 0 Å². The lowest BCUT2D eigenvalue weighted by Crippen LogP contribution is -2.70. The molecule has 3 heterocycles. The Bertz CT molecular complexity index is 1470. The van der Waals surface area contributed by atoms with Gasteiger partial charge in [0.1, 0.15) is 11.4 Å². The minimum absolute atomic E-state index is 0.0285. The highest BCUT2D eigenvalue weighted by molar-refractivity contribution is 5.93. The predicted octanol–water partition coefficient (Wildman–Crippen LogP) is 4.18. The van der Waals surface area contributed by atoms with Crippen molar-refractivity contribution in [3.05, 3.63) is 41.1 Å². The molecule has 13 heteroatoms. The van der Waals surface area contributed by atoms with Crippen LogP contribution in [0, 0.1) is 24.2 Å². The van der Waals surface area contributed by atoms with Crippen molar-refractivity contribution < 1.29 is 27.4 Å². The molecule has 2 N–H and O–H groups in total. The second-order valence-corrected chi connectivity index (χ2v) is 12.4. The zero-order valence-corrected chi connectivity index (χ0v) is 22.0. The number of halogens is 3. The average molecular weight is 558 g/mol. The van der Waals surface area contributed by atoms with Gasteiger partial charge in [-0.25, -0.2) is 27.3 Å². The van der Waals surface area contributed by atoms with Gasteiger partial charge in [0.25, 0.3) is 5.91 Å². The van der Waals surface area contributed by atoms with E-state index in [0.717, 1.165) is 18.4 Å². The van der Waals surface area contributed by atoms with Gasteiger partial charge in [0.2, 0.25) is 11.8 Å². The van der Waals surface area contributed by atoms with Crippen LogP contribution >= 0.6 is 0 Å². The summed E-state index contributed by atoms with van der Waals surface area (Å²) in [6, 6.07) is 0.965. The lowest BCUT2D eigenvalue weighted by molar-refractivity contribution is -0.214. The van der Waals surface area contributed by atoms with Gasteiger partial charge in [-0.05, 0) is 80.5 Å². The minimum atomic E-state index is -2.72. The summed E-state index contributed by atoms with van der Waals surface area (Å²) < 4.78 is 48.2. The van der Waals surface area contributed by atoms with Crippen molar-refractivity contribution >= 4 is 17.5 Å². The van der Waals surface area contributed by atoms with Crippen LogP contribution in [0.5, 0.6) is 0 Å². The van der Waals surface area contributed by atoms with Gasteiger partial charge >= 0.3 is 0 Å². The Hall–Kier alpha value is -3.51. The highest BCUT2D eigenvalue weighted by Crippen LogP contribution is 2.69. The zero-order valence-electron chi connectivity index (χ0n) is 22.0. The van der Waals surface area contributed by atoms with Crippen LogP contribution in [0.25, 0.3) is 5.65 Å². The first-order chi connectivity index (χ1) is 19.0. The Morgan fingerprint density at radius 3 is 2.35 bits per heavy atom. The van der Waals surface area contributed by atoms with E-state index in [1.807, 2.05) is 6.07 Å². The van der Waals surface area contributed by atoms with E-state index in [-0.39, 0.29) is 55.2 Å². The fourth-order valence-corrected chi connectivity index (χ4v) is 6.81. The Kier molecular flexibility index (Phi) is 5.56. The number of nitrogens with zero attached hydrogens (tertiary/aromatic N) is 5. The van der Waals surface area contributed by atoms with E-state index in [9.17, 15) is 22.8 Å². The van der Waals surface area contributed by atoms with Crippen LogP contribution < -0.4 is 10.6 Å². The van der Waals surface area contributed by atoms with Crippen molar-refractivity contribution in [1.82, 2.24) is 35.5 Å². The number of carbonyl (C=O) groups is 2. The molecule has 3 aromatic heterocycles. The molecule has 0 saturated heterocycles. The number of amides is 2.